The molecule has 7 heteroatoms. The molecular formula is C23H26N4O3. The monoisotopic (exact) mass is 406 g/mol. The van der Waals surface area contributed by atoms with Crippen LogP contribution in [0.4, 0.5) is 0 Å². The Kier molecular flexibility index (Phi) is 6.09. The van der Waals surface area contributed by atoms with Crippen molar-refractivity contribution in [3.05, 3.63) is 77.4 Å². The van der Waals surface area contributed by atoms with E-state index in [9.17, 15) is 4.79 Å². The Bertz CT molecular complexity index is 997. The molecule has 0 N–H and O–H groups in total. The van der Waals surface area contributed by atoms with E-state index in [1.54, 1.807) is 24.1 Å². The molecule has 1 aromatic carbocycles. The molecule has 0 unspecified atom stereocenters. The maximum absolute atomic E-state index is 13.4. The third-order valence-corrected chi connectivity index (χ3v) is 5.09. The molecule has 7 nitrogen and oxygen atoms in total. The van der Waals surface area contributed by atoms with Gasteiger partial charge >= 0.3 is 0 Å². The zero-order chi connectivity index (χ0) is 20.9. The molecule has 4 rings (SSSR count). The second-order valence-electron chi connectivity index (χ2n) is 7.56. The average molecular weight is 406 g/mol. The van der Waals surface area contributed by atoms with E-state index < -0.39 is 0 Å². The summed E-state index contributed by atoms with van der Waals surface area (Å²) in [7, 11) is 1.79. The Morgan fingerprint density at radius 2 is 2.00 bits per heavy atom. The van der Waals surface area contributed by atoms with Crippen LogP contribution < -0.4 is 4.74 Å². The van der Waals surface area contributed by atoms with Gasteiger partial charge in [-0.3, -0.25) is 14.5 Å². The van der Waals surface area contributed by atoms with Gasteiger partial charge in [0.2, 0.25) is 0 Å². The van der Waals surface area contributed by atoms with Crippen molar-refractivity contribution >= 4 is 5.91 Å². The van der Waals surface area contributed by atoms with E-state index in [0.717, 1.165) is 35.6 Å². The lowest BCUT2D eigenvalue weighted by molar-refractivity contribution is 0.0718. The van der Waals surface area contributed by atoms with Crippen LogP contribution in [0, 0.1) is 6.92 Å². The highest BCUT2D eigenvalue weighted by Crippen LogP contribution is 2.21. The quantitative estimate of drug-likeness (QED) is 0.603. The van der Waals surface area contributed by atoms with Crippen LogP contribution in [0.15, 0.2) is 54.9 Å². The number of aryl methyl sites for hydroxylation is 2. The molecule has 3 heterocycles. The molecule has 30 heavy (non-hydrogen) atoms. The summed E-state index contributed by atoms with van der Waals surface area (Å²) in [4.78, 5) is 19.2. The van der Waals surface area contributed by atoms with Gasteiger partial charge in [-0.1, -0.05) is 12.1 Å². The van der Waals surface area contributed by atoms with Crippen LogP contribution in [0.3, 0.4) is 0 Å². The van der Waals surface area contributed by atoms with Crippen LogP contribution in [0.1, 0.15) is 33.7 Å². The van der Waals surface area contributed by atoms with Crippen molar-refractivity contribution in [1.29, 1.82) is 0 Å². The van der Waals surface area contributed by atoms with Crippen LogP contribution in [0.25, 0.3) is 0 Å². The van der Waals surface area contributed by atoms with E-state index in [0.29, 0.717) is 25.4 Å². The third-order valence-electron chi connectivity index (χ3n) is 5.09. The van der Waals surface area contributed by atoms with Crippen LogP contribution in [0.5, 0.6) is 5.75 Å². The van der Waals surface area contributed by atoms with E-state index in [-0.39, 0.29) is 12.0 Å². The molecule has 0 radical (unpaired) electrons. The van der Waals surface area contributed by atoms with Gasteiger partial charge in [-0.25, -0.2) is 0 Å². The Balaban J connectivity index is 1.56. The fourth-order valence-electron chi connectivity index (χ4n) is 3.62. The van der Waals surface area contributed by atoms with E-state index in [4.69, 9.17) is 9.47 Å². The number of amides is 1. The van der Waals surface area contributed by atoms with Crippen molar-refractivity contribution in [2.45, 2.75) is 32.5 Å². The number of hydrogen-bond donors (Lipinski definition) is 0. The SMILES string of the molecule is Cc1cc(C(=O)N(Cc2ccncc2)Cc2cccc(O[C@@H]3CCOC3)c2)n(C)n1. The first-order valence-corrected chi connectivity index (χ1v) is 10.1. The minimum Gasteiger partial charge on any atom is -0.488 e. The number of nitrogens with zero attached hydrogens (tertiary/aromatic N) is 4. The average Bonchev–Trinajstić information content (AvgIpc) is 3.37. The van der Waals surface area contributed by atoms with Crippen LogP contribution in [-0.4, -0.2) is 44.9 Å². The fraction of sp³-hybridized carbons (Fsp3) is 0.348. The lowest BCUT2D eigenvalue weighted by Gasteiger charge is -2.23. The van der Waals surface area contributed by atoms with Crippen molar-refractivity contribution in [3.63, 3.8) is 0 Å². The zero-order valence-corrected chi connectivity index (χ0v) is 17.3. The molecule has 1 fully saturated rings. The molecule has 1 aliphatic rings. The molecule has 0 saturated carbocycles. The van der Waals surface area contributed by atoms with E-state index in [2.05, 4.69) is 10.1 Å². The number of aromatic nitrogens is 3. The second-order valence-corrected chi connectivity index (χ2v) is 7.56. The summed E-state index contributed by atoms with van der Waals surface area (Å²) < 4.78 is 13.1. The summed E-state index contributed by atoms with van der Waals surface area (Å²) in [5.41, 5.74) is 3.41. The molecule has 1 amide bonds. The number of rotatable bonds is 7. The van der Waals surface area contributed by atoms with Crippen molar-refractivity contribution < 1.29 is 14.3 Å². The topological polar surface area (TPSA) is 69.5 Å². The molecule has 0 spiro atoms. The largest absolute Gasteiger partial charge is 0.488 e. The first-order chi connectivity index (χ1) is 14.6. The van der Waals surface area contributed by atoms with Crippen molar-refractivity contribution in [1.82, 2.24) is 19.7 Å². The minimum atomic E-state index is -0.0644. The van der Waals surface area contributed by atoms with E-state index in [1.165, 1.54) is 0 Å². The van der Waals surface area contributed by atoms with Crippen molar-refractivity contribution in [3.8, 4) is 5.75 Å². The third kappa shape index (κ3) is 4.86. The van der Waals surface area contributed by atoms with Gasteiger partial charge in [0.05, 0.1) is 18.9 Å². The first kappa shape index (κ1) is 20.1. The molecule has 0 aliphatic carbocycles. The summed E-state index contributed by atoms with van der Waals surface area (Å²) in [6.07, 6.45) is 4.47. The maximum atomic E-state index is 13.4. The predicted molar refractivity (Wildman–Crippen MR) is 112 cm³/mol. The van der Waals surface area contributed by atoms with Crippen molar-refractivity contribution in [2.75, 3.05) is 13.2 Å². The standard InChI is InChI=1S/C23H26N4O3/c1-17-12-22(26(2)25-17)23(28)27(14-18-6-9-24-10-7-18)15-19-4-3-5-20(13-19)30-21-8-11-29-16-21/h3-7,9-10,12-13,21H,8,11,14-16H2,1-2H3/t21-/m1/s1. The highest BCUT2D eigenvalue weighted by molar-refractivity contribution is 5.92. The number of carbonyl (C=O) groups is 1. The summed E-state index contributed by atoms with van der Waals surface area (Å²) in [6, 6.07) is 13.6. The van der Waals surface area contributed by atoms with Gasteiger partial charge in [0, 0.05) is 39.0 Å². The van der Waals surface area contributed by atoms with Crippen LogP contribution in [0.2, 0.25) is 0 Å². The van der Waals surface area contributed by atoms with E-state index >= 15 is 0 Å². The fourth-order valence-corrected chi connectivity index (χ4v) is 3.62. The van der Waals surface area contributed by atoms with Gasteiger partial charge in [0.15, 0.2) is 0 Å². The van der Waals surface area contributed by atoms with Gasteiger partial charge in [-0.05, 0) is 48.4 Å². The zero-order valence-electron chi connectivity index (χ0n) is 17.3. The summed E-state index contributed by atoms with van der Waals surface area (Å²) in [6.45, 7) is 4.19. The Morgan fingerprint density at radius 1 is 1.20 bits per heavy atom. The second kappa shape index (κ2) is 9.09. The molecule has 1 saturated heterocycles. The molecule has 0 bridgehead atoms. The number of benzene rings is 1. The summed E-state index contributed by atoms with van der Waals surface area (Å²) in [5, 5.41) is 4.33. The molecule has 1 atom stereocenters. The van der Waals surface area contributed by atoms with Gasteiger partial charge in [0.1, 0.15) is 17.5 Å². The number of hydrogen-bond acceptors (Lipinski definition) is 5. The summed E-state index contributed by atoms with van der Waals surface area (Å²) >= 11 is 0. The smallest absolute Gasteiger partial charge is 0.272 e. The Hall–Kier alpha value is -3.19. The highest BCUT2D eigenvalue weighted by atomic mass is 16.5. The lowest BCUT2D eigenvalue weighted by atomic mass is 10.1. The first-order valence-electron chi connectivity index (χ1n) is 10.1. The van der Waals surface area contributed by atoms with Gasteiger partial charge in [-0.15, -0.1) is 0 Å². The van der Waals surface area contributed by atoms with Crippen molar-refractivity contribution in [2.24, 2.45) is 7.05 Å². The number of pyridine rings is 1. The molecular weight excluding hydrogens is 380 g/mol. The minimum absolute atomic E-state index is 0.0644. The van der Waals surface area contributed by atoms with Crippen LogP contribution in [-0.2, 0) is 24.9 Å². The van der Waals surface area contributed by atoms with Gasteiger partial charge in [0.25, 0.3) is 5.91 Å². The maximum Gasteiger partial charge on any atom is 0.272 e. The number of ether oxygens (including phenoxy) is 2. The summed E-state index contributed by atoms with van der Waals surface area (Å²) in [5.74, 6) is 0.737. The number of carbonyl (C=O) groups excluding carboxylic acids is 1. The predicted octanol–water partition coefficient (Wildman–Crippen LogP) is 3.13. The van der Waals surface area contributed by atoms with Gasteiger partial charge < -0.3 is 14.4 Å². The van der Waals surface area contributed by atoms with Crippen LogP contribution >= 0.6 is 0 Å². The lowest BCUT2D eigenvalue weighted by Crippen LogP contribution is -2.31. The Morgan fingerprint density at radius 3 is 2.70 bits per heavy atom. The normalized spacial score (nSPS) is 15.9. The van der Waals surface area contributed by atoms with E-state index in [1.807, 2.05) is 54.3 Å². The molecule has 1 aliphatic heterocycles. The molecule has 156 valence electrons. The molecule has 2 aromatic heterocycles. The van der Waals surface area contributed by atoms with Gasteiger partial charge in [-0.2, -0.15) is 5.10 Å². The highest BCUT2D eigenvalue weighted by Gasteiger charge is 2.21. The molecule has 3 aromatic rings. The Labute approximate surface area is 176 Å².